The number of sulfonamides is 1. The van der Waals surface area contributed by atoms with Crippen LogP contribution in [0.1, 0.15) is 24.9 Å². The predicted molar refractivity (Wildman–Crippen MR) is 75.7 cm³/mol. The van der Waals surface area contributed by atoms with Gasteiger partial charge in [0.15, 0.2) is 5.82 Å². The number of rotatable bonds is 7. The van der Waals surface area contributed by atoms with Crippen molar-refractivity contribution in [1.29, 1.82) is 0 Å². The number of hydrogen-bond acceptors (Lipinski definition) is 5. The van der Waals surface area contributed by atoms with Gasteiger partial charge in [0.2, 0.25) is 10.0 Å². The highest BCUT2D eigenvalue weighted by Crippen LogP contribution is 2.15. The molecule has 0 unspecified atom stereocenters. The molecule has 2 aromatic rings. The van der Waals surface area contributed by atoms with Crippen LogP contribution in [0.4, 0.5) is 0 Å². The third-order valence-corrected chi connectivity index (χ3v) is 4.33. The van der Waals surface area contributed by atoms with Crippen molar-refractivity contribution in [3.8, 4) is 0 Å². The molecule has 2 rings (SSSR count). The third kappa shape index (κ3) is 3.69. The van der Waals surface area contributed by atoms with Gasteiger partial charge in [-0.15, -0.1) is 0 Å². The van der Waals surface area contributed by atoms with Gasteiger partial charge in [-0.1, -0.05) is 6.92 Å². The van der Waals surface area contributed by atoms with Gasteiger partial charge in [0, 0.05) is 25.5 Å². The van der Waals surface area contributed by atoms with Crippen LogP contribution in [0.2, 0.25) is 0 Å². The lowest BCUT2D eigenvalue weighted by atomic mass is 10.4. The standard InChI is InChI=1S/C12H19N5O3S/c1-3-4-17-7-11(5-10(17)8-18)21(19,20)14-6-12-13-9-16(2)15-12/h5,7,9,14,18H,3-4,6,8H2,1-2H3. The van der Waals surface area contributed by atoms with E-state index in [0.717, 1.165) is 6.42 Å². The molecule has 2 aromatic heterocycles. The molecule has 9 heteroatoms. The number of hydrogen-bond donors (Lipinski definition) is 2. The average Bonchev–Trinajstić information content (AvgIpc) is 3.04. The summed E-state index contributed by atoms with van der Waals surface area (Å²) in [5.74, 6) is 0.399. The first-order valence-electron chi connectivity index (χ1n) is 6.60. The van der Waals surface area contributed by atoms with Gasteiger partial charge in [0.1, 0.15) is 6.33 Å². The van der Waals surface area contributed by atoms with Gasteiger partial charge in [0.05, 0.1) is 18.0 Å². The maximum Gasteiger partial charge on any atom is 0.242 e. The van der Waals surface area contributed by atoms with Crippen molar-refractivity contribution in [2.75, 3.05) is 0 Å². The summed E-state index contributed by atoms with van der Waals surface area (Å²) in [4.78, 5) is 4.10. The quantitative estimate of drug-likeness (QED) is 0.749. The number of nitrogens with zero attached hydrogens (tertiary/aromatic N) is 4. The Hall–Kier alpha value is -1.71. The second-order valence-electron chi connectivity index (χ2n) is 4.68. The average molecular weight is 313 g/mol. The van der Waals surface area contributed by atoms with Crippen LogP contribution in [0.25, 0.3) is 0 Å². The Morgan fingerprint density at radius 2 is 2.19 bits per heavy atom. The molecule has 0 saturated carbocycles. The highest BCUT2D eigenvalue weighted by molar-refractivity contribution is 7.89. The summed E-state index contributed by atoms with van der Waals surface area (Å²) in [5, 5.41) is 13.3. The van der Waals surface area contributed by atoms with Gasteiger partial charge in [0.25, 0.3) is 0 Å². The first kappa shape index (κ1) is 15.7. The summed E-state index contributed by atoms with van der Waals surface area (Å²) >= 11 is 0. The lowest BCUT2D eigenvalue weighted by Gasteiger charge is -2.04. The molecule has 0 spiro atoms. The summed E-state index contributed by atoms with van der Waals surface area (Å²) in [7, 11) is -1.94. The van der Waals surface area contributed by atoms with Gasteiger partial charge in [-0.3, -0.25) is 4.68 Å². The molecule has 0 aliphatic carbocycles. The van der Waals surface area contributed by atoms with E-state index in [1.165, 1.54) is 23.3 Å². The topological polar surface area (TPSA) is 102 Å². The van der Waals surface area contributed by atoms with Gasteiger partial charge in [-0.2, -0.15) is 5.10 Å². The van der Waals surface area contributed by atoms with Crippen molar-refractivity contribution in [1.82, 2.24) is 24.1 Å². The summed E-state index contributed by atoms with van der Waals surface area (Å²) in [6, 6.07) is 1.48. The number of aliphatic hydroxyl groups is 1. The molecule has 21 heavy (non-hydrogen) atoms. The smallest absolute Gasteiger partial charge is 0.242 e. The Kier molecular flexibility index (Phi) is 4.76. The van der Waals surface area contributed by atoms with Crippen molar-refractivity contribution in [2.24, 2.45) is 7.05 Å². The minimum absolute atomic E-state index is 0.0244. The van der Waals surface area contributed by atoms with Crippen molar-refractivity contribution < 1.29 is 13.5 Å². The fraction of sp³-hybridized carbons (Fsp3) is 0.500. The number of nitrogens with one attached hydrogen (secondary N) is 1. The van der Waals surface area contributed by atoms with Crippen LogP contribution in [0, 0.1) is 0 Å². The molecule has 0 aromatic carbocycles. The van der Waals surface area contributed by atoms with E-state index in [2.05, 4.69) is 14.8 Å². The van der Waals surface area contributed by atoms with Crippen LogP contribution in [0.5, 0.6) is 0 Å². The Bertz CT molecular complexity index is 704. The van der Waals surface area contributed by atoms with Crippen LogP contribution < -0.4 is 4.72 Å². The van der Waals surface area contributed by atoms with Crippen LogP contribution in [0.3, 0.4) is 0 Å². The molecule has 0 aliphatic rings. The second-order valence-corrected chi connectivity index (χ2v) is 6.44. The van der Waals surface area contributed by atoms with Gasteiger partial charge >= 0.3 is 0 Å². The molecule has 2 N–H and O–H groups in total. The molecular weight excluding hydrogens is 294 g/mol. The van der Waals surface area contributed by atoms with Crippen LogP contribution in [0.15, 0.2) is 23.5 Å². The van der Waals surface area contributed by atoms with E-state index in [4.69, 9.17) is 0 Å². The Morgan fingerprint density at radius 3 is 2.76 bits per heavy atom. The molecule has 2 heterocycles. The monoisotopic (exact) mass is 313 g/mol. The van der Waals surface area contributed by atoms with Gasteiger partial charge < -0.3 is 9.67 Å². The molecule has 0 radical (unpaired) electrons. The molecule has 0 bridgehead atoms. The summed E-state index contributed by atoms with van der Waals surface area (Å²) in [5.41, 5.74) is 0.577. The van der Waals surface area contributed by atoms with Gasteiger partial charge in [-0.25, -0.2) is 18.1 Å². The summed E-state index contributed by atoms with van der Waals surface area (Å²) in [6.07, 6.45) is 3.89. The van der Waals surface area contributed by atoms with Crippen molar-refractivity contribution in [3.05, 3.63) is 30.1 Å². The van der Waals surface area contributed by atoms with E-state index in [9.17, 15) is 13.5 Å². The first-order valence-corrected chi connectivity index (χ1v) is 8.08. The maximum atomic E-state index is 12.2. The number of aryl methyl sites for hydroxylation is 2. The van der Waals surface area contributed by atoms with Gasteiger partial charge in [-0.05, 0) is 12.5 Å². The highest BCUT2D eigenvalue weighted by atomic mass is 32.2. The second kappa shape index (κ2) is 6.37. The maximum absolute atomic E-state index is 12.2. The number of aromatic nitrogens is 4. The van der Waals surface area contributed by atoms with Crippen molar-refractivity contribution >= 4 is 10.0 Å². The lowest BCUT2D eigenvalue weighted by molar-refractivity contribution is 0.270. The Morgan fingerprint density at radius 1 is 1.43 bits per heavy atom. The fourth-order valence-electron chi connectivity index (χ4n) is 1.96. The molecule has 0 aliphatic heterocycles. The molecule has 0 amide bonds. The predicted octanol–water partition coefficient (Wildman–Crippen LogP) is -0.00260. The van der Waals surface area contributed by atoms with E-state index >= 15 is 0 Å². The molecular formula is C12H19N5O3S. The van der Waals surface area contributed by atoms with Crippen LogP contribution >= 0.6 is 0 Å². The minimum atomic E-state index is -3.65. The van der Waals surface area contributed by atoms with E-state index in [0.29, 0.717) is 18.1 Å². The molecule has 0 atom stereocenters. The Labute approximate surface area is 123 Å². The van der Waals surface area contributed by atoms with Crippen LogP contribution in [-0.2, 0) is 36.8 Å². The lowest BCUT2D eigenvalue weighted by Crippen LogP contribution is -2.23. The largest absolute Gasteiger partial charge is 0.390 e. The third-order valence-electron chi connectivity index (χ3n) is 2.97. The summed E-state index contributed by atoms with van der Waals surface area (Å²) < 4.78 is 30.2. The minimum Gasteiger partial charge on any atom is -0.390 e. The van der Waals surface area contributed by atoms with E-state index in [-0.39, 0.29) is 18.0 Å². The normalized spacial score (nSPS) is 12.0. The van der Waals surface area contributed by atoms with E-state index < -0.39 is 10.0 Å². The molecule has 0 fully saturated rings. The van der Waals surface area contributed by atoms with E-state index in [1.54, 1.807) is 11.6 Å². The highest BCUT2D eigenvalue weighted by Gasteiger charge is 2.18. The zero-order chi connectivity index (χ0) is 15.5. The molecule has 0 saturated heterocycles. The molecule has 8 nitrogen and oxygen atoms in total. The van der Waals surface area contributed by atoms with E-state index in [1.807, 2.05) is 6.92 Å². The van der Waals surface area contributed by atoms with Crippen molar-refractivity contribution in [3.63, 3.8) is 0 Å². The van der Waals surface area contributed by atoms with Crippen LogP contribution in [-0.4, -0.2) is 32.9 Å². The number of aliphatic hydroxyl groups excluding tert-OH is 1. The molecule has 116 valence electrons. The Balaban J connectivity index is 2.15. The SMILES string of the molecule is CCCn1cc(S(=O)(=O)NCc2ncn(C)n2)cc1CO. The van der Waals surface area contributed by atoms with Crippen molar-refractivity contribution in [2.45, 2.75) is 37.9 Å². The first-order chi connectivity index (χ1) is 9.96. The fourth-order valence-corrected chi connectivity index (χ4v) is 3.00. The zero-order valence-corrected chi connectivity index (χ0v) is 12.8. The summed E-state index contributed by atoms with van der Waals surface area (Å²) in [6.45, 7) is 2.47. The zero-order valence-electron chi connectivity index (χ0n) is 12.0.